The van der Waals surface area contributed by atoms with Gasteiger partial charge in [0.05, 0.1) is 18.4 Å². The number of anilines is 1. The highest BCUT2D eigenvalue weighted by molar-refractivity contribution is 9.10. The molecule has 20 heavy (non-hydrogen) atoms. The van der Waals surface area contributed by atoms with Crippen LogP contribution in [0.1, 0.15) is 10.4 Å². The van der Waals surface area contributed by atoms with Crippen LogP contribution < -0.4 is 5.32 Å². The smallest absolute Gasteiger partial charge is 0.258 e. The number of para-hydroxylation sites is 1. The minimum absolute atomic E-state index is 0.0364. The number of carbonyl (C=O) groups excluding carboxylic acids is 2. The lowest BCUT2D eigenvalue weighted by atomic mass is 10.3. The Bertz CT molecular complexity index is 610. The monoisotopic (exact) mass is 336 g/mol. The van der Waals surface area contributed by atoms with E-state index in [1.807, 2.05) is 18.2 Å². The lowest BCUT2D eigenvalue weighted by Gasteiger charge is -2.16. The molecule has 1 N–H and O–H groups in total. The zero-order valence-electron chi connectivity index (χ0n) is 10.8. The Labute approximate surface area is 124 Å². The van der Waals surface area contributed by atoms with E-state index in [4.69, 9.17) is 4.42 Å². The lowest BCUT2D eigenvalue weighted by molar-refractivity contribution is -0.116. The van der Waals surface area contributed by atoms with E-state index in [0.29, 0.717) is 15.9 Å². The SMILES string of the molecule is CN(CC(=O)Nc1ccccc1)C(=O)c1ccoc1Br. The van der Waals surface area contributed by atoms with Gasteiger partial charge in [0.1, 0.15) is 0 Å². The van der Waals surface area contributed by atoms with E-state index in [9.17, 15) is 9.59 Å². The number of halogens is 1. The normalized spacial score (nSPS) is 10.1. The zero-order valence-corrected chi connectivity index (χ0v) is 12.4. The highest BCUT2D eigenvalue weighted by Crippen LogP contribution is 2.18. The molecule has 0 spiro atoms. The third-order valence-electron chi connectivity index (χ3n) is 2.63. The van der Waals surface area contributed by atoms with E-state index in [0.717, 1.165) is 0 Å². The number of furan rings is 1. The fraction of sp³-hybridized carbons (Fsp3) is 0.143. The Morgan fingerprint density at radius 3 is 2.55 bits per heavy atom. The first kappa shape index (κ1) is 14.3. The molecule has 0 fully saturated rings. The minimum atomic E-state index is -0.283. The highest BCUT2D eigenvalue weighted by Gasteiger charge is 2.19. The number of hydrogen-bond donors (Lipinski definition) is 1. The van der Waals surface area contributed by atoms with Crippen molar-refractivity contribution in [3.8, 4) is 0 Å². The first-order valence-electron chi connectivity index (χ1n) is 5.91. The molecule has 5 nitrogen and oxygen atoms in total. The fourth-order valence-electron chi connectivity index (χ4n) is 1.66. The van der Waals surface area contributed by atoms with Crippen LogP contribution >= 0.6 is 15.9 Å². The van der Waals surface area contributed by atoms with Crippen LogP contribution in [-0.2, 0) is 4.79 Å². The molecule has 0 saturated carbocycles. The average Bonchev–Trinajstić information content (AvgIpc) is 2.85. The first-order chi connectivity index (χ1) is 9.58. The summed E-state index contributed by atoms with van der Waals surface area (Å²) in [5.41, 5.74) is 1.09. The minimum Gasteiger partial charge on any atom is -0.457 e. The van der Waals surface area contributed by atoms with Crippen LogP contribution in [0.3, 0.4) is 0 Å². The summed E-state index contributed by atoms with van der Waals surface area (Å²) < 4.78 is 5.36. The number of likely N-dealkylation sites (N-methyl/N-ethyl adjacent to an activating group) is 1. The molecule has 0 aliphatic heterocycles. The molecule has 1 aromatic heterocycles. The van der Waals surface area contributed by atoms with Crippen molar-refractivity contribution in [2.24, 2.45) is 0 Å². The van der Waals surface area contributed by atoms with Crippen molar-refractivity contribution >= 4 is 33.4 Å². The molecule has 6 heteroatoms. The molecule has 2 aromatic rings. The van der Waals surface area contributed by atoms with Crippen molar-refractivity contribution in [2.75, 3.05) is 18.9 Å². The second-order valence-electron chi connectivity index (χ2n) is 4.18. The standard InChI is InChI=1S/C14H13BrN2O3/c1-17(14(19)11-7-8-20-13(11)15)9-12(18)16-10-5-3-2-4-6-10/h2-8H,9H2,1H3,(H,16,18). The van der Waals surface area contributed by atoms with Crippen molar-refractivity contribution < 1.29 is 14.0 Å². The second-order valence-corrected chi connectivity index (χ2v) is 4.90. The van der Waals surface area contributed by atoms with Crippen LogP contribution in [-0.4, -0.2) is 30.3 Å². The molecule has 0 aliphatic carbocycles. The number of rotatable bonds is 4. The summed E-state index contributed by atoms with van der Waals surface area (Å²) in [6, 6.07) is 10.6. The van der Waals surface area contributed by atoms with E-state index in [2.05, 4.69) is 21.2 Å². The van der Waals surface area contributed by atoms with Crippen LogP contribution in [0.2, 0.25) is 0 Å². The van der Waals surface area contributed by atoms with Gasteiger partial charge in [0.2, 0.25) is 5.91 Å². The summed E-state index contributed by atoms with van der Waals surface area (Å²) in [4.78, 5) is 25.2. The van der Waals surface area contributed by atoms with Crippen LogP contribution in [0.5, 0.6) is 0 Å². The Balaban J connectivity index is 1.94. The van der Waals surface area contributed by atoms with Crippen molar-refractivity contribution in [3.05, 3.63) is 52.9 Å². The molecule has 104 valence electrons. The molecule has 0 aliphatic rings. The van der Waals surface area contributed by atoms with E-state index in [1.54, 1.807) is 25.2 Å². The van der Waals surface area contributed by atoms with Crippen molar-refractivity contribution in [1.29, 1.82) is 0 Å². The largest absolute Gasteiger partial charge is 0.457 e. The molecular weight excluding hydrogens is 324 g/mol. The highest BCUT2D eigenvalue weighted by atomic mass is 79.9. The van der Waals surface area contributed by atoms with Crippen molar-refractivity contribution in [2.45, 2.75) is 0 Å². The lowest BCUT2D eigenvalue weighted by Crippen LogP contribution is -2.34. The van der Waals surface area contributed by atoms with Crippen LogP contribution in [0.4, 0.5) is 5.69 Å². The van der Waals surface area contributed by atoms with Gasteiger partial charge in [-0.05, 0) is 34.1 Å². The van der Waals surface area contributed by atoms with E-state index < -0.39 is 0 Å². The summed E-state index contributed by atoms with van der Waals surface area (Å²) in [7, 11) is 1.56. The summed E-state index contributed by atoms with van der Waals surface area (Å²) >= 11 is 3.14. The molecule has 2 amide bonds. The number of amides is 2. The Morgan fingerprint density at radius 1 is 1.25 bits per heavy atom. The van der Waals surface area contributed by atoms with Gasteiger partial charge >= 0.3 is 0 Å². The Kier molecular flexibility index (Phi) is 4.57. The van der Waals surface area contributed by atoms with Gasteiger partial charge in [0.25, 0.3) is 5.91 Å². The van der Waals surface area contributed by atoms with Gasteiger partial charge in [-0.2, -0.15) is 0 Å². The summed E-state index contributed by atoms with van der Waals surface area (Å²) in [6.07, 6.45) is 1.41. The molecular formula is C14H13BrN2O3. The molecule has 0 radical (unpaired) electrons. The number of nitrogens with zero attached hydrogens (tertiary/aromatic N) is 1. The van der Waals surface area contributed by atoms with Crippen LogP contribution in [0.15, 0.2) is 51.7 Å². The van der Waals surface area contributed by atoms with Gasteiger partial charge in [0.15, 0.2) is 4.67 Å². The molecule has 1 aromatic carbocycles. The third kappa shape index (κ3) is 3.48. The van der Waals surface area contributed by atoms with E-state index >= 15 is 0 Å². The summed E-state index contributed by atoms with van der Waals surface area (Å²) in [5, 5.41) is 2.72. The van der Waals surface area contributed by atoms with Crippen molar-refractivity contribution in [1.82, 2.24) is 4.90 Å². The molecule has 0 unspecified atom stereocenters. The maximum atomic E-state index is 12.1. The number of nitrogens with one attached hydrogen (secondary N) is 1. The maximum Gasteiger partial charge on any atom is 0.258 e. The van der Waals surface area contributed by atoms with E-state index in [1.165, 1.54) is 11.2 Å². The Hall–Kier alpha value is -2.08. The van der Waals surface area contributed by atoms with Gasteiger partial charge in [-0.15, -0.1) is 0 Å². The van der Waals surface area contributed by atoms with Gasteiger partial charge < -0.3 is 14.6 Å². The number of carbonyl (C=O) groups is 2. The molecule has 2 rings (SSSR count). The van der Waals surface area contributed by atoms with Gasteiger partial charge in [-0.25, -0.2) is 0 Å². The zero-order chi connectivity index (χ0) is 14.5. The third-order valence-corrected chi connectivity index (χ3v) is 3.25. The number of benzene rings is 1. The molecule has 0 saturated heterocycles. The quantitative estimate of drug-likeness (QED) is 0.933. The Morgan fingerprint density at radius 2 is 1.95 bits per heavy atom. The predicted molar refractivity (Wildman–Crippen MR) is 78.4 cm³/mol. The van der Waals surface area contributed by atoms with E-state index in [-0.39, 0.29) is 18.4 Å². The predicted octanol–water partition coefficient (Wildman–Crippen LogP) is 2.75. The summed E-state index contributed by atoms with van der Waals surface area (Å²) in [5.74, 6) is -0.541. The molecule has 0 atom stereocenters. The average molecular weight is 337 g/mol. The van der Waals surface area contributed by atoms with Gasteiger partial charge in [-0.1, -0.05) is 18.2 Å². The van der Waals surface area contributed by atoms with Crippen molar-refractivity contribution in [3.63, 3.8) is 0 Å². The second kappa shape index (κ2) is 6.38. The van der Waals surface area contributed by atoms with Gasteiger partial charge in [0, 0.05) is 12.7 Å². The van der Waals surface area contributed by atoms with Crippen LogP contribution in [0, 0.1) is 0 Å². The molecule has 1 heterocycles. The molecule has 0 bridgehead atoms. The number of hydrogen-bond acceptors (Lipinski definition) is 3. The summed E-state index contributed by atoms with van der Waals surface area (Å²) in [6.45, 7) is -0.0364. The fourth-order valence-corrected chi connectivity index (χ4v) is 2.07. The van der Waals surface area contributed by atoms with Crippen LogP contribution in [0.25, 0.3) is 0 Å². The maximum absolute atomic E-state index is 12.1. The van der Waals surface area contributed by atoms with Gasteiger partial charge in [-0.3, -0.25) is 9.59 Å². The topological polar surface area (TPSA) is 62.6 Å². The first-order valence-corrected chi connectivity index (χ1v) is 6.70.